The second-order valence-electron chi connectivity index (χ2n) is 3.16. The number of hydrogen-bond donors (Lipinski definition) is 2. The van der Waals surface area contributed by atoms with Crippen molar-refractivity contribution in [2.75, 3.05) is 14.2 Å². The zero-order valence-corrected chi connectivity index (χ0v) is 9.04. The largest absolute Gasteiger partial charge is 0.354 e. The number of nitrogens with two attached hydrogens (primary N) is 1. The molecule has 0 radical (unpaired) electrons. The first-order chi connectivity index (χ1) is 7.63. The van der Waals surface area contributed by atoms with E-state index >= 15 is 0 Å². The van der Waals surface area contributed by atoms with Crippen LogP contribution in [0.3, 0.4) is 0 Å². The Hall–Kier alpha value is -1.08. The molecule has 1 unspecified atom stereocenters. The highest BCUT2D eigenvalue weighted by molar-refractivity contribution is 5.21. The Kier molecular flexibility index (Phi) is 4.75. The molecular weight excluding hydrogens is 218 g/mol. The minimum Gasteiger partial charge on any atom is -0.354 e. The van der Waals surface area contributed by atoms with Gasteiger partial charge in [-0.2, -0.15) is 0 Å². The Morgan fingerprint density at radius 3 is 2.25 bits per heavy atom. The number of rotatable bonds is 5. The molecule has 0 aliphatic carbocycles. The highest BCUT2D eigenvalue weighted by atomic mass is 19.2. The predicted molar refractivity (Wildman–Crippen MR) is 54.2 cm³/mol. The summed E-state index contributed by atoms with van der Waals surface area (Å²) >= 11 is 0. The number of halogens is 2. The maximum absolute atomic E-state index is 13.0. The molecular formula is C10H14F2N2O2. The van der Waals surface area contributed by atoms with Crippen LogP contribution >= 0.6 is 0 Å². The Bertz CT molecular complexity index is 346. The monoisotopic (exact) mass is 232 g/mol. The van der Waals surface area contributed by atoms with E-state index in [0.717, 1.165) is 12.1 Å². The van der Waals surface area contributed by atoms with Gasteiger partial charge in [0.1, 0.15) is 0 Å². The molecule has 0 bridgehead atoms. The van der Waals surface area contributed by atoms with E-state index in [1.54, 1.807) is 0 Å². The highest BCUT2D eigenvalue weighted by Gasteiger charge is 2.22. The molecule has 0 heterocycles. The van der Waals surface area contributed by atoms with Gasteiger partial charge in [0.15, 0.2) is 17.9 Å². The summed E-state index contributed by atoms with van der Waals surface area (Å²) in [6, 6.07) is 2.90. The van der Waals surface area contributed by atoms with Crippen LogP contribution in [0.2, 0.25) is 0 Å². The van der Waals surface area contributed by atoms with Gasteiger partial charge in [0.05, 0.1) is 6.04 Å². The van der Waals surface area contributed by atoms with Crippen LogP contribution in [-0.2, 0) is 9.47 Å². The Labute approximate surface area is 92.3 Å². The fourth-order valence-corrected chi connectivity index (χ4v) is 1.41. The van der Waals surface area contributed by atoms with Gasteiger partial charge in [-0.05, 0) is 17.7 Å². The lowest BCUT2D eigenvalue weighted by atomic mass is 10.1. The third-order valence-electron chi connectivity index (χ3n) is 2.22. The predicted octanol–water partition coefficient (Wildman–Crippen LogP) is 1.09. The minimum absolute atomic E-state index is 0.440. The van der Waals surface area contributed by atoms with Crippen LogP contribution < -0.4 is 11.3 Å². The van der Waals surface area contributed by atoms with Gasteiger partial charge in [-0.15, -0.1) is 0 Å². The van der Waals surface area contributed by atoms with E-state index in [-0.39, 0.29) is 0 Å². The molecule has 0 aliphatic rings. The molecule has 0 fully saturated rings. The van der Waals surface area contributed by atoms with Crippen LogP contribution in [0.4, 0.5) is 8.78 Å². The van der Waals surface area contributed by atoms with E-state index in [1.165, 1.54) is 20.3 Å². The number of methoxy groups -OCH3 is 2. The van der Waals surface area contributed by atoms with E-state index in [0.29, 0.717) is 5.56 Å². The zero-order valence-electron chi connectivity index (χ0n) is 9.04. The Morgan fingerprint density at radius 1 is 1.19 bits per heavy atom. The quantitative estimate of drug-likeness (QED) is 0.453. The fraction of sp³-hybridized carbons (Fsp3) is 0.400. The van der Waals surface area contributed by atoms with Crippen molar-refractivity contribution in [2.24, 2.45) is 5.84 Å². The zero-order chi connectivity index (χ0) is 12.1. The van der Waals surface area contributed by atoms with Crippen molar-refractivity contribution in [1.29, 1.82) is 0 Å². The summed E-state index contributed by atoms with van der Waals surface area (Å²) in [5, 5.41) is 0. The topological polar surface area (TPSA) is 56.5 Å². The molecule has 1 atom stereocenters. The summed E-state index contributed by atoms with van der Waals surface area (Å²) < 4.78 is 35.8. The maximum atomic E-state index is 13.0. The van der Waals surface area contributed by atoms with Crippen molar-refractivity contribution in [3.05, 3.63) is 35.4 Å². The van der Waals surface area contributed by atoms with E-state index in [9.17, 15) is 8.78 Å². The van der Waals surface area contributed by atoms with Crippen molar-refractivity contribution in [3.8, 4) is 0 Å². The molecule has 6 heteroatoms. The molecule has 0 saturated carbocycles. The van der Waals surface area contributed by atoms with Gasteiger partial charge in [-0.3, -0.25) is 5.84 Å². The molecule has 0 spiro atoms. The van der Waals surface area contributed by atoms with E-state index < -0.39 is 24.0 Å². The van der Waals surface area contributed by atoms with Gasteiger partial charge >= 0.3 is 0 Å². The lowest BCUT2D eigenvalue weighted by Crippen LogP contribution is -2.38. The molecule has 1 rings (SSSR count). The number of hydrazine groups is 1. The van der Waals surface area contributed by atoms with Crippen molar-refractivity contribution < 1.29 is 18.3 Å². The standard InChI is InChI=1S/C10H14F2N2O2/c1-15-10(16-2)9(14-13)6-3-4-7(11)8(12)5-6/h3-5,9-10,14H,13H2,1-2H3. The van der Waals surface area contributed by atoms with Crippen LogP contribution in [0, 0.1) is 11.6 Å². The summed E-state index contributed by atoms with van der Waals surface area (Å²) in [6.07, 6.45) is -0.685. The van der Waals surface area contributed by atoms with Crippen LogP contribution in [0.1, 0.15) is 11.6 Å². The fourth-order valence-electron chi connectivity index (χ4n) is 1.41. The van der Waals surface area contributed by atoms with Gasteiger partial charge in [-0.1, -0.05) is 6.07 Å². The molecule has 16 heavy (non-hydrogen) atoms. The number of hydrogen-bond acceptors (Lipinski definition) is 4. The average Bonchev–Trinajstić information content (AvgIpc) is 2.29. The first-order valence-corrected chi connectivity index (χ1v) is 4.60. The molecule has 3 N–H and O–H groups in total. The van der Waals surface area contributed by atoms with Gasteiger partial charge < -0.3 is 9.47 Å². The molecule has 1 aromatic rings. The summed E-state index contributed by atoms with van der Waals surface area (Å²) in [4.78, 5) is 0. The molecule has 0 aliphatic heterocycles. The molecule has 0 amide bonds. The molecule has 90 valence electrons. The second-order valence-corrected chi connectivity index (χ2v) is 3.16. The van der Waals surface area contributed by atoms with E-state index in [2.05, 4.69) is 5.43 Å². The lowest BCUT2D eigenvalue weighted by Gasteiger charge is -2.24. The highest BCUT2D eigenvalue weighted by Crippen LogP contribution is 2.20. The Balaban J connectivity index is 2.98. The summed E-state index contributed by atoms with van der Waals surface area (Å²) in [5.41, 5.74) is 2.87. The van der Waals surface area contributed by atoms with Gasteiger partial charge in [0.2, 0.25) is 0 Å². The van der Waals surface area contributed by atoms with E-state index in [4.69, 9.17) is 15.3 Å². The number of benzene rings is 1. The average molecular weight is 232 g/mol. The van der Waals surface area contributed by atoms with Crippen LogP contribution in [0.5, 0.6) is 0 Å². The molecule has 0 saturated heterocycles. The van der Waals surface area contributed by atoms with Crippen molar-refractivity contribution in [1.82, 2.24) is 5.43 Å². The number of nitrogens with one attached hydrogen (secondary N) is 1. The first-order valence-electron chi connectivity index (χ1n) is 4.60. The molecule has 0 aromatic heterocycles. The third kappa shape index (κ3) is 2.73. The maximum Gasteiger partial charge on any atom is 0.177 e. The molecule has 4 nitrogen and oxygen atoms in total. The summed E-state index contributed by atoms with van der Waals surface area (Å²) in [6.45, 7) is 0. The second kappa shape index (κ2) is 5.86. The smallest absolute Gasteiger partial charge is 0.177 e. The minimum atomic E-state index is -0.941. The normalized spacial score (nSPS) is 13.1. The van der Waals surface area contributed by atoms with Gasteiger partial charge in [-0.25, -0.2) is 14.2 Å². The SMILES string of the molecule is COC(OC)C(NN)c1ccc(F)c(F)c1. The van der Waals surface area contributed by atoms with Crippen LogP contribution in [0.15, 0.2) is 18.2 Å². The third-order valence-corrected chi connectivity index (χ3v) is 2.22. The Morgan fingerprint density at radius 2 is 1.81 bits per heavy atom. The van der Waals surface area contributed by atoms with Gasteiger partial charge in [0.25, 0.3) is 0 Å². The summed E-state index contributed by atoms with van der Waals surface area (Å²) in [5.74, 6) is 3.47. The van der Waals surface area contributed by atoms with E-state index in [1.807, 2.05) is 0 Å². The van der Waals surface area contributed by atoms with Crippen molar-refractivity contribution in [3.63, 3.8) is 0 Å². The van der Waals surface area contributed by atoms with Gasteiger partial charge in [0, 0.05) is 14.2 Å². The van der Waals surface area contributed by atoms with Crippen molar-refractivity contribution >= 4 is 0 Å². The lowest BCUT2D eigenvalue weighted by molar-refractivity contribution is -0.124. The summed E-state index contributed by atoms with van der Waals surface area (Å²) in [7, 11) is 2.86. The first kappa shape index (κ1) is 13.0. The van der Waals surface area contributed by atoms with Crippen LogP contribution in [-0.4, -0.2) is 20.5 Å². The van der Waals surface area contributed by atoms with Crippen LogP contribution in [0.25, 0.3) is 0 Å². The van der Waals surface area contributed by atoms with Crippen molar-refractivity contribution in [2.45, 2.75) is 12.3 Å². The molecule has 1 aromatic carbocycles. The number of ether oxygens (including phenoxy) is 2.